The number of aromatic nitrogens is 2. The van der Waals surface area contributed by atoms with E-state index in [2.05, 4.69) is 9.97 Å². The lowest BCUT2D eigenvalue weighted by molar-refractivity contribution is -0.173. The number of rotatable bonds is 11. The zero-order valence-corrected chi connectivity index (χ0v) is 15.4. The first-order valence-corrected chi connectivity index (χ1v) is 9.05. The summed E-state index contributed by atoms with van der Waals surface area (Å²) in [6.45, 7) is 0.106. The van der Waals surface area contributed by atoms with Gasteiger partial charge in [-0.05, 0) is 48.9 Å². The summed E-state index contributed by atoms with van der Waals surface area (Å²) in [4.78, 5) is 31.5. The fourth-order valence-corrected chi connectivity index (χ4v) is 2.42. The minimum atomic E-state index is -1.98. The van der Waals surface area contributed by atoms with Crippen LogP contribution >= 0.6 is 0 Å². The number of esters is 2. The zero-order chi connectivity index (χ0) is 20.2. The fourth-order valence-electron chi connectivity index (χ4n) is 2.42. The molecule has 0 unspecified atom stereocenters. The van der Waals surface area contributed by atoms with Gasteiger partial charge in [-0.15, -0.1) is 0 Å². The maximum absolute atomic E-state index is 11.8. The van der Waals surface area contributed by atoms with Crippen molar-refractivity contribution in [2.45, 2.75) is 37.9 Å². The van der Waals surface area contributed by atoms with Gasteiger partial charge in [-0.2, -0.15) is 0 Å². The molecule has 0 saturated heterocycles. The Morgan fingerprint density at radius 3 is 1.61 bits per heavy atom. The van der Waals surface area contributed by atoms with E-state index >= 15 is 0 Å². The first-order chi connectivity index (χ1) is 13.6. The van der Waals surface area contributed by atoms with Crippen molar-refractivity contribution < 1.29 is 29.3 Å². The van der Waals surface area contributed by atoms with E-state index in [0.29, 0.717) is 25.7 Å². The molecule has 2 heterocycles. The standard InChI is InChI=1S/C20H24N2O6/c23-17(19(25)27-11-3-7-15-5-1-9-21-13-15)18(24)20(26)28-12-4-8-16-6-2-10-22-14-16/h1-2,5-6,9-10,13-14,17-18,23-24H,3-4,7-8,11-12H2/t17-,18-/m1/s1. The van der Waals surface area contributed by atoms with Crippen LogP contribution in [0, 0.1) is 0 Å². The number of hydrogen-bond donors (Lipinski definition) is 2. The van der Waals surface area contributed by atoms with Crippen LogP contribution in [0.3, 0.4) is 0 Å². The van der Waals surface area contributed by atoms with Crippen molar-refractivity contribution >= 4 is 11.9 Å². The summed E-state index contributed by atoms with van der Waals surface area (Å²) in [5, 5.41) is 19.5. The Labute approximate surface area is 163 Å². The van der Waals surface area contributed by atoms with Crippen molar-refractivity contribution in [1.29, 1.82) is 0 Å². The van der Waals surface area contributed by atoms with E-state index in [0.717, 1.165) is 11.1 Å². The van der Waals surface area contributed by atoms with Crippen LogP contribution in [-0.4, -0.2) is 57.5 Å². The number of ether oxygens (including phenoxy) is 2. The molecule has 0 saturated carbocycles. The van der Waals surface area contributed by atoms with Crippen LogP contribution in [0.2, 0.25) is 0 Å². The highest BCUT2D eigenvalue weighted by atomic mass is 16.6. The molecule has 8 heteroatoms. The van der Waals surface area contributed by atoms with Gasteiger partial charge in [-0.1, -0.05) is 12.1 Å². The summed E-state index contributed by atoms with van der Waals surface area (Å²) in [7, 11) is 0. The topological polar surface area (TPSA) is 119 Å². The molecule has 0 bridgehead atoms. The number of aryl methyl sites for hydroxylation is 2. The van der Waals surface area contributed by atoms with E-state index in [1.54, 1.807) is 24.8 Å². The summed E-state index contributed by atoms with van der Waals surface area (Å²) in [5.41, 5.74) is 1.99. The predicted octanol–water partition coefficient (Wildman–Crippen LogP) is 0.850. The van der Waals surface area contributed by atoms with Gasteiger partial charge in [-0.25, -0.2) is 9.59 Å². The molecule has 0 aliphatic rings. The molecule has 0 spiro atoms. The Balaban J connectivity index is 1.62. The van der Waals surface area contributed by atoms with Gasteiger partial charge in [0.15, 0.2) is 12.2 Å². The molecule has 2 atom stereocenters. The second-order valence-electron chi connectivity index (χ2n) is 6.15. The second kappa shape index (κ2) is 11.8. The third kappa shape index (κ3) is 7.42. The molecule has 0 fully saturated rings. The molecule has 0 aromatic carbocycles. The zero-order valence-electron chi connectivity index (χ0n) is 15.4. The number of aliphatic hydroxyl groups is 2. The van der Waals surface area contributed by atoms with Crippen LogP contribution in [0.15, 0.2) is 49.1 Å². The molecule has 28 heavy (non-hydrogen) atoms. The lowest BCUT2D eigenvalue weighted by atomic mass is 10.1. The monoisotopic (exact) mass is 388 g/mol. The molecular weight excluding hydrogens is 364 g/mol. The second-order valence-corrected chi connectivity index (χ2v) is 6.15. The molecule has 2 rings (SSSR count). The SMILES string of the molecule is O=C(OCCCc1cccnc1)[C@H](O)[C@@H](O)C(=O)OCCCc1cccnc1. The number of nitrogens with zero attached hydrogens (tertiary/aromatic N) is 2. The van der Waals surface area contributed by atoms with Gasteiger partial charge in [-0.3, -0.25) is 9.97 Å². The minimum absolute atomic E-state index is 0.0532. The lowest BCUT2D eigenvalue weighted by Crippen LogP contribution is -2.41. The van der Waals surface area contributed by atoms with Crippen molar-refractivity contribution in [2.75, 3.05) is 13.2 Å². The Morgan fingerprint density at radius 1 is 0.821 bits per heavy atom. The van der Waals surface area contributed by atoms with Crippen LogP contribution < -0.4 is 0 Å². The number of hydrogen-bond acceptors (Lipinski definition) is 8. The smallest absolute Gasteiger partial charge is 0.338 e. The quantitative estimate of drug-likeness (QED) is 0.430. The fraction of sp³-hybridized carbons (Fsp3) is 0.400. The highest BCUT2D eigenvalue weighted by Crippen LogP contribution is 2.05. The van der Waals surface area contributed by atoms with Crippen molar-refractivity contribution in [3.63, 3.8) is 0 Å². The van der Waals surface area contributed by atoms with Crippen LogP contribution in [0.4, 0.5) is 0 Å². The number of pyridine rings is 2. The van der Waals surface area contributed by atoms with E-state index in [9.17, 15) is 19.8 Å². The number of aliphatic hydroxyl groups excluding tert-OH is 2. The molecule has 2 aromatic rings. The first kappa shape index (κ1) is 21.5. The summed E-state index contributed by atoms with van der Waals surface area (Å²) in [6, 6.07) is 7.42. The van der Waals surface area contributed by atoms with Gasteiger partial charge in [0, 0.05) is 24.8 Å². The van der Waals surface area contributed by atoms with Crippen molar-refractivity contribution in [1.82, 2.24) is 9.97 Å². The average molecular weight is 388 g/mol. The van der Waals surface area contributed by atoms with E-state index in [4.69, 9.17) is 9.47 Å². The van der Waals surface area contributed by atoms with Crippen LogP contribution in [0.25, 0.3) is 0 Å². The van der Waals surface area contributed by atoms with Gasteiger partial charge in [0.2, 0.25) is 0 Å². The van der Waals surface area contributed by atoms with Crippen molar-refractivity contribution in [2.24, 2.45) is 0 Å². The van der Waals surface area contributed by atoms with Crippen LogP contribution in [0.1, 0.15) is 24.0 Å². The van der Waals surface area contributed by atoms with Crippen LogP contribution in [0.5, 0.6) is 0 Å². The van der Waals surface area contributed by atoms with Gasteiger partial charge < -0.3 is 19.7 Å². The Bertz CT molecular complexity index is 662. The normalized spacial score (nSPS) is 12.8. The number of carbonyl (C=O) groups excluding carboxylic acids is 2. The van der Waals surface area contributed by atoms with Gasteiger partial charge in [0.05, 0.1) is 13.2 Å². The Kier molecular flexibility index (Phi) is 9.03. The molecular formula is C20H24N2O6. The maximum atomic E-state index is 11.8. The Morgan fingerprint density at radius 2 is 1.25 bits per heavy atom. The van der Waals surface area contributed by atoms with Gasteiger partial charge in [0.1, 0.15) is 0 Å². The average Bonchev–Trinajstić information content (AvgIpc) is 2.74. The molecule has 0 aliphatic heterocycles. The molecule has 0 amide bonds. The number of carbonyl (C=O) groups is 2. The van der Waals surface area contributed by atoms with Gasteiger partial charge >= 0.3 is 11.9 Å². The largest absolute Gasteiger partial charge is 0.464 e. The Hall–Kier alpha value is -2.84. The maximum Gasteiger partial charge on any atom is 0.338 e. The molecule has 0 radical (unpaired) electrons. The lowest BCUT2D eigenvalue weighted by Gasteiger charge is -2.16. The van der Waals surface area contributed by atoms with Crippen LogP contribution in [-0.2, 0) is 31.9 Å². The summed E-state index contributed by atoms with van der Waals surface area (Å²) in [6.07, 6.45) is 5.15. The van der Waals surface area contributed by atoms with Gasteiger partial charge in [0.25, 0.3) is 0 Å². The summed E-state index contributed by atoms with van der Waals surface area (Å²) in [5.74, 6) is -2.13. The molecule has 0 aliphatic carbocycles. The highest BCUT2D eigenvalue weighted by Gasteiger charge is 2.32. The van der Waals surface area contributed by atoms with E-state index < -0.39 is 24.1 Å². The summed E-state index contributed by atoms with van der Waals surface area (Å²) >= 11 is 0. The molecule has 2 aromatic heterocycles. The first-order valence-electron chi connectivity index (χ1n) is 9.05. The van der Waals surface area contributed by atoms with Crippen molar-refractivity contribution in [3.8, 4) is 0 Å². The predicted molar refractivity (Wildman–Crippen MR) is 99.0 cm³/mol. The molecule has 150 valence electrons. The summed E-state index contributed by atoms with van der Waals surface area (Å²) < 4.78 is 9.79. The molecule has 2 N–H and O–H groups in total. The third-order valence-electron chi connectivity index (χ3n) is 3.94. The third-order valence-corrected chi connectivity index (χ3v) is 3.94. The van der Waals surface area contributed by atoms with E-state index in [-0.39, 0.29) is 13.2 Å². The van der Waals surface area contributed by atoms with E-state index in [1.807, 2.05) is 24.3 Å². The molecule has 8 nitrogen and oxygen atoms in total. The van der Waals surface area contributed by atoms with Crippen molar-refractivity contribution in [3.05, 3.63) is 60.2 Å². The highest BCUT2D eigenvalue weighted by molar-refractivity contribution is 5.85. The minimum Gasteiger partial charge on any atom is -0.464 e. The van der Waals surface area contributed by atoms with E-state index in [1.165, 1.54) is 0 Å².